The molecule has 18 heavy (non-hydrogen) atoms. The maximum atomic E-state index is 8.94. The van der Waals surface area contributed by atoms with E-state index in [1.165, 1.54) is 21.8 Å². The minimum atomic E-state index is 0.0832. The minimum Gasteiger partial charge on any atom is -0.392 e. The van der Waals surface area contributed by atoms with Crippen molar-refractivity contribution in [2.75, 3.05) is 0 Å². The number of hydrogen-bond acceptors (Lipinski definition) is 4. The molecule has 3 nitrogen and oxygen atoms in total. The largest absolute Gasteiger partial charge is 0.392 e. The van der Waals surface area contributed by atoms with Crippen molar-refractivity contribution in [3.05, 3.63) is 57.3 Å². The van der Waals surface area contributed by atoms with Crippen molar-refractivity contribution in [2.45, 2.75) is 19.7 Å². The third kappa shape index (κ3) is 3.41. The molecule has 0 saturated heterocycles. The van der Waals surface area contributed by atoms with Crippen LogP contribution in [-0.4, -0.2) is 5.11 Å². The highest BCUT2D eigenvalue weighted by molar-refractivity contribution is 7.12. The van der Waals surface area contributed by atoms with Gasteiger partial charge in [0.1, 0.15) is 10.9 Å². The first-order valence-electron chi connectivity index (χ1n) is 5.70. The first kappa shape index (κ1) is 12.8. The SMILES string of the molecule is N#Cc1ccc(CNCc2ccc(CO)cc2)s1. The van der Waals surface area contributed by atoms with Crippen molar-refractivity contribution < 1.29 is 5.11 Å². The summed E-state index contributed by atoms with van der Waals surface area (Å²) in [6, 6.07) is 13.8. The van der Waals surface area contributed by atoms with Crippen LogP contribution in [0.2, 0.25) is 0 Å². The Kier molecular flexibility index (Phi) is 4.48. The molecule has 0 aliphatic rings. The third-order valence-corrected chi connectivity index (χ3v) is 3.60. The molecule has 0 fully saturated rings. The second-order valence-electron chi connectivity index (χ2n) is 3.96. The van der Waals surface area contributed by atoms with Gasteiger partial charge in [-0.1, -0.05) is 24.3 Å². The lowest BCUT2D eigenvalue weighted by atomic mass is 10.1. The van der Waals surface area contributed by atoms with Crippen LogP contribution in [0.5, 0.6) is 0 Å². The lowest BCUT2D eigenvalue weighted by Gasteiger charge is -2.04. The van der Waals surface area contributed by atoms with Gasteiger partial charge in [0.2, 0.25) is 0 Å². The van der Waals surface area contributed by atoms with E-state index in [2.05, 4.69) is 11.4 Å². The monoisotopic (exact) mass is 258 g/mol. The molecule has 2 N–H and O–H groups in total. The molecule has 0 atom stereocenters. The van der Waals surface area contributed by atoms with E-state index < -0.39 is 0 Å². The number of thiophene rings is 1. The van der Waals surface area contributed by atoms with Crippen molar-refractivity contribution in [1.82, 2.24) is 5.32 Å². The van der Waals surface area contributed by atoms with E-state index in [1.807, 2.05) is 36.4 Å². The average molecular weight is 258 g/mol. The highest BCUT2D eigenvalue weighted by atomic mass is 32.1. The van der Waals surface area contributed by atoms with Gasteiger partial charge in [0, 0.05) is 18.0 Å². The lowest BCUT2D eigenvalue weighted by Crippen LogP contribution is -2.11. The molecule has 0 unspecified atom stereocenters. The third-order valence-electron chi connectivity index (χ3n) is 2.61. The van der Waals surface area contributed by atoms with Crippen molar-refractivity contribution in [3.8, 4) is 6.07 Å². The quantitative estimate of drug-likeness (QED) is 0.866. The highest BCUT2D eigenvalue weighted by Gasteiger charge is 1.99. The van der Waals surface area contributed by atoms with E-state index in [1.54, 1.807) is 0 Å². The molecule has 0 aliphatic carbocycles. The van der Waals surface area contributed by atoms with E-state index in [0.717, 1.165) is 23.5 Å². The average Bonchev–Trinajstić information content (AvgIpc) is 2.87. The minimum absolute atomic E-state index is 0.0832. The molecule has 0 amide bonds. The zero-order chi connectivity index (χ0) is 12.8. The van der Waals surface area contributed by atoms with Gasteiger partial charge in [-0.15, -0.1) is 11.3 Å². The fourth-order valence-corrected chi connectivity index (χ4v) is 2.40. The number of aliphatic hydroxyl groups excluding tert-OH is 1. The molecule has 2 aromatic rings. The van der Waals surface area contributed by atoms with Crippen molar-refractivity contribution in [1.29, 1.82) is 5.26 Å². The molecule has 0 bridgehead atoms. The summed E-state index contributed by atoms with van der Waals surface area (Å²) in [5.74, 6) is 0. The maximum Gasteiger partial charge on any atom is 0.110 e. The van der Waals surface area contributed by atoms with Gasteiger partial charge in [-0.3, -0.25) is 0 Å². The van der Waals surface area contributed by atoms with Gasteiger partial charge in [-0.25, -0.2) is 0 Å². The zero-order valence-electron chi connectivity index (χ0n) is 9.89. The summed E-state index contributed by atoms with van der Waals surface area (Å²) in [5, 5.41) is 21.0. The van der Waals surface area contributed by atoms with Crippen LogP contribution in [-0.2, 0) is 19.7 Å². The Bertz CT molecular complexity index is 540. The predicted octanol–water partition coefficient (Wildman–Crippen LogP) is 2.40. The summed E-state index contributed by atoms with van der Waals surface area (Å²) in [4.78, 5) is 1.91. The van der Waals surface area contributed by atoms with Crippen LogP contribution in [0.15, 0.2) is 36.4 Å². The molecule has 0 saturated carbocycles. The van der Waals surface area contributed by atoms with Crippen molar-refractivity contribution in [2.24, 2.45) is 0 Å². The molecule has 0 radical (unpaired) electrons. The van der Waals surface area contributed by atoms with Gasteiger partial charge in [-0.05, 0) is 23.3 Å². The molecule has 0 spiro atoms. The predicted molar refractivity (Wildman–Crippen MR) is 71.9 cm³/mol. The first-order valence-corrected chi connectivity index (χ1v) is 6.51. The van der Waals surface area contributed by atoms with Crippen LogP contribution in [0, 0.1) is 11.3 Å². The molecule has 92 valence electrons. The molecule has 1 aromatic heterocycles. The van der Waals surface area contributed by atoms with E-state index in [4.69, 9.17) is 10.4 Å². The Labute approximate surface area is 110 Å². The maximum absolute atomic E-state index is 8.94. The van der Waals surface area contributed by atoms with Gasteiger partial charge in [0.15, 0.2) is 0 Å². The van der Waals surface area contributed by atoms with E-state index in [-0.39, 0.29) is 6.61 Å². The van der Waals surface area contributed by atoms with Crippen LogP contribution in [0.1, 0.15) is 20.9 Å². The number of rotatable bonds is 5. The number of nitrogens with zero attached hydrogens (tertiary/aromatic N) is 1. The molecule has 1 heterocycles. The van der Waals surface area contributed by atoms with Crippen molar-refractivity contribution in [3.63, 3.8) is 0 Å². The molecule has 1 aromatic carbocycles. The Morgan fingerprint density at radius 3 is 2.39 bits per heavy atom. The molecule has 4 heteroatoms. The summed E-state index contributed by atoms with van der Waals surface area (Å²) in [6.07, 6.45) is 0. The molecule has 2 rings (SSSR count). The van der Waals surface area contributed by atoms with Crippen LogP contribution < -0.4 is 5.32 Å². The summed E-state index contributed by atoms with van der Waals surface area (Å²) < 4.78 is 0. The van der Waals surface area contributed by atoms with E-state index in [0.29, 0.717) is 0 Å². The topological polar surface area (TPSA) is 56.0 Å². The summed E-state index contributed by atoms with van der Waals surface area (Å²) in [5.41, 5.74) is 2.11. The number of hydrogen-bond donors (Lipinski definition) is 2. The second-order valence-corrected chi connectivity index (χ2v) is 5.12. The van der Waals surface area contributed by atoms with Crippen molar-refractivity contribution >= 4 is 11.3 Å². The summed E-state index contributed by atoms with van der Waals surface area (Å²) in [7, 11) is 0. The second kappa shape index (κ2) is 6.31. The van der Waals surface area contributed by atoms with Crippen LogP contribution >= 0.6 is 11.3 Å². The van der Waals surface area contributed by atoms with E-state index in [9.17, 15) is 0 Å². The normalized spacial score (nSPS) is 10.2. The number of aliphatic hydroxyl groups is 1. The number of benzene rings is 1. The Hall–Kier alpha value is -1.67. The Morgan fingerprint density at radius 1 is 1.06 bits per heavy atom. The van der Waals surface area contributed by atoms with Crippen LogP contribution in [0.3, 0.4) is 0 Å². The smallest absolute Gasteiger partial charge is 0.110 e. The van der Waals surface area contributed by atoms with Gasteiger partial charge in [0.25, 0.3) is 0 Å². The Balaban J connectivity index is 1.82. The molecule has 0 aliphatic heterocycles. The molecular formula is C14H14N2OS. The van der Waals surface area contributed by atoms with Crippen LogP contribution in [0.4, 0.5) is 0 Å². The molecular weight excluding hydrogens is 244 g/mol. The zero-order valence-corrected chi connectivity index (χ0v) is 10.7. The van der Waals surface area contributed by atoms with Gasteiger partial charge >= 0.3 is 0 Å². The summed E-state index contributed by atoms with van der Waals surface area (Å²) >= 11 is 1.52. The highest BCUT2D eigenvalue weighted by Crippen LogP contribution is 2.15. The number of nitriles is 1. The first-order chi connectivity index (χ1) is 8.81. The van der Waals surface area contributed by atoms with Gasteiger partial charge < -0.3 is 10.4 Å². The standard InChI is InChI=1S/C14H14N2OS/c15-7-13-5-6-14(18-13)9-16-8-11-1-3-12(10-17)4-2-11/h1-6,16-17H,8-10H2. The fourth-order valence-electron chi connectivity index (χ4n) is 1.63. The van der Waals surface area contributed by atoms with Gasteiger partial charge in [0.05, 0.1) is 6.61 Å². The van der Waals surface area contributed by atoms with E-state index >= 15 is 0 Å². The van der Waals surface area contributed by atoms with Gasteiger partial charge in [-0.2, -0.15) is 5.26 Å². The fraction of sp³-hybridized carbons (Fsp3) is 0.214. The Morgan fingerprint density at radius 2 is 1.78 bits per heavy atom. The lowest BCUT2D eigenvalue weighted by molar-refractivity contribution is 0.282. The summed E-state index contributed by atoms with van der Waals surface area (Å²) in [6.45, 7) is 1.64. The van der Waals surface area contributed by atoms with Crippen LogP contribution in [0.25, 0.3) is 0 Å². The number of nitrogens with one attached hydrogen (secondary N) is 1.